The normalized spacial score (nSPS) is 32.0. The van der Waals surface area contributed by atoms with E-state index in [0.717, 1.165) is 12.8 Å². The van der Waals surface area contributed by atoms with Crippen LogP contribution < -0.4 is 5.73 Å². The highest BCUT2D eigenvalue weighted by molar-refractivity contribution is 5.81. The third-order valence-corrected chi connectivity index (χ3v) is 3.42. The van der Waals surface area contributed by atoms with Crippen molar-refractivity contribution in [2.75, 3.05) is 19.6 Å². The number of carbonyl (C=O) groups is 1. The zero-order valence-electron chi connectivity index (χ0n) is 9.47. The Morgan fingerprint density at radius 1 is 1.31 bits per heavy atom. The van der Waals surface area contributed by atoms with Gasteiger partial charge in [0, 0.05) is 19.6 Å². The molecule has 0 saturated carbocycles. The molecule has 5 heteroatoms. The molecule has 2 unspecified atom stereocenters. The summed E-state index contributed by atoms with van der Waals surface area (Å²) in [6, 6.07) is 0. The van der Waals surface area contributed by atoms with Gasteiger partial charge in [-0.1, -0.05) is 0 Å². The van der Waals surface area contributed by atoms with Crippen LogP contribution in [0.5, 0.6) is 0 Å². The number of carbonyl (C=O) groups excluding carboxylic acids is 1. The Hall–Kier alpha value is -0.650. The second-order valence-corrected chi connectivity index (χ2v) is 4.62. The van der Waals surface area contributed by atoms with Gasteiger partial charge in [0.15, 0.2) is 0 Å². The van der Waals surface area contributed by atoms with Gasteiger partial charge >= 0.3 is 0 Å². The summed E-state index contributed by atoms with van der Waals surface area (Å²) in [5.41, 5.74) is 5.51. The topological polar surface area (TPSA) is 75.8 Å². The second-order valence-electron chi connectivity index (χ2n) is 4.62. The summed E-state index contributed by atoms with van der Waals surface area (Å²) < 4.78 is 5.57. The highest BCUT2D eigenvalue weighted by Crippen LogP contribution is 2.22. The Balaban J connectivity index is 1.83. The lowest BCUT2D eigenvalue weighted by atomic mass is 10.1. The van der Waals surface area contributed by atoms with Gasteiger partial charge in [0.25, 0.3) is 5.91 Å². The van der Waals surface area contributed by atoms with Crippen LogP contribution in [-0.2, 0) is 9.53 Å². The Morgan fingerprint density at radius 3 is 2.56 bits per heavy atom. The van der Waals surface area contributed by atoms with Gasteiger partial charge in [-0.2, -0.15) is 0 Å². The standard InChI is InChI=1S/C11H20N2O3/c12-7-9-1-2-10(16-9)11(15)13-5-3-8(14)4-6-13/h8-10,14H,1-7,12H2. The summed E-state index contributed by atoms with van der Waals surface area (Å²) in [7, 11) is 0. The number of aliphatic hydroxyl groups excluding tert-OH is 1. The lowest BCUT2D eigenvalue weighted by molar-refractivity contribution is -0.144. The van der Waals surface area contributed by atoms with Crippen LogP contribution in [0.1, 0.15) is 25.7 Å². The van der Waals surface area contributed by atoms with Gasteiger partial charge in [-0.15, -0.1) is 0 Å². The molecule has 2 saturated heterocycles. The number of nitrogens with two attached hydrogens (primary N) is 1. The zero-order valence-corrected chi connectivity index (χ0v) is 9.47. The fraction of sp³-hybridized carbons (Fsp3) is 0.909. The van der Waals surface area contributed by atoms with Crippen LogP contribution in [-0.4, -0.2) is 53.9 Å². The van der Waals surface area contributed by atoms with Crippen molar-refractivity contribution in [2.24, 2.45) is 5.73 Å². The average molecular weight is 228 g/mol. The van der Waals surface area contributed by atoms with Gasteiger partial charge in [-0.25, -0.2) is 0 Å². The number of piperidine rings is 1. The van der Waals surface area contributed by atoms with E-state index in [1.807, 2.05) is 0 Å². The van der Waals surface area contributed by atoms with Crippen LogP contribution in [0.15, 0.2) is 0 Å². The minimum absolute atomic E-state index is 0.0457. The van der Waals surface area contributed by atoms with Gasteiger partial charge in [-0.05, 0) is 25.7 Å². The first-order valence-electron chi connectivity index (χ1n) is 6.03. The molecule has 0 aliphatic carbocycles. The van der Waals surface area contributed by atoms with Gasteiger partial charge in [0.1, 0.15) is 6.10 Å². The van der Waals surface area contributed by atoms with E-state index >= 15 is 0 Å². The van der Waals surface area contributed by atoms with Gasteiger partial charge in [-0.3, -0.25) is 4.79 Å². The van der Waals surface area contributed by atoms with E-state index in [2.05, 4.69) is 0 Å². The monoisotopic (exact) mass is 228 g/mol. The van der Waals surface area contributed by atoms with E-state index in [-0.39, 0.29) is 24.2 Å². The summed E-state index contributed by atoms with van der Waals surface area (Å²) in [4.78, 5) is 13.8. The number of amides is 1. The molecular weight excluding hydrogens is 208 g/mol. The summed E-state index contributed by atoms with van der Waals surface area (Å²) in [6.07, 6.45) is 2.51. The lowest BCUT2D eigenvalue weighted by Gasteiger charge is -2.31. The Kier molecular flexibility index (Phi) is 3.78. The fourth-order valence-electron chi connectivity index (χ4n) is 2.35. The molecule has 5 nitrogen and oxygen atoms in total. The molecule has 1 amide bonds. The van der Waals surface area contributed by atoms with E-state index in [0.29, 0.717) is 32.5 Å². The number of ether oxygens (including phenoxy) is 1. The second kappa shape index (κ2) is 5.12. The van der Waals surface area contributed by atoms with Crippen molar-refractivity contribution in [1.29, 1.82) is 0 Å². The Labute approximate surface area is 95.5 Å². The van der Waals surface area contributed by atoms with Crippen molar-refractivity contribution in [2.45, 2.75) is 44.0 Å². The van der Waals surface area contributed by atoms with Crippen molar-refractivity contribution in [3.8, 4) is 0 Å². The maximum absolute atomic E-state index is 12.0. The summed E-state index contributed by atoms with van der Waals surface area (Å²) in [6.45, 7) is 1.78. The lowest BCUT2D eigenvalue weighted by Crippen LogP contribution is -2.45. The summed E-state index contributed by atoms with van der Waals surface area (Å²) in [5, 5.41) is 9.37. The zero-order chi connectivity index (χ0) is 11.5. The first-order valence-corrected chi connectivity index (χ1v) is 6.03. The SMILES string of the molecule is NCC1CCC(C(=O)N2CCC(O)CC2)O1. The molecule has 0 bridgehead atoms. The van der Waals surface area contributed by atoms with Crippen molar-refractivity contribution in [3.05, 3.63) is 0 Å². The molecule has 2 fully saturated rings. The third kappa shape index (κ3) is 2.53. The molecular formula is C11H20N2O3. The van der Waals surface area contributed by atoms with E-state index in [1.54, 1.807) is 4.90 Å². The van der Waals surface area contributed by atoms with Crippen LogP contribution in [0.3, 0.4) is 0 Å². The van der Waals surface area contributed by atoms with E-state index in [4.69, 9.17) is 10.5 Å². The number of hydrogen-bond donors (Lipinski definition) is 2. The first-order chi connectivity index (χ1) is 7.70. The molecule has 0 aromatic rings. The third-order valence-electron chi connectivity index (χ3n) is 3.42. The number of nitrogens with zero attached hydrogens (tertiary/aromatic N) is 1. The summed E-state index contributed by atoms with van der Waals surface area (Å²) in [5.74, 6) is 0.0721. The van der Waals surface area contributed by atoms with Gasteiger partial charge in [0.2, 0.25) is 0 Å². The summed E-state index contributed by atoms with van der Waals surface area (Å²) >= 11 is 0. The van der Waals surface area contributed by atoms with Gasteiger partial charge < -0.3 is 20.5 Å². The van der Waals surface area contributed by atoms with Crippen molar-refractivity contribution in [1.82, 2.24) is 4.90 Å². The maximum Gasteiger partial charge on any atom is 0.251 e. The van der Waals surface area contributed by atoms with Crippen LogP contribution in [0.4, 0.5) is 0 Å². The predicted octanol–water partition coefficient (Wildman–Crippen LogP) is -0.524. The van der Waals surface area contributed by atoms with E-state index in [1.165, 1.54) is 0 Å². The number of likely N-dealkylation sites (tertiary alicyclic amines) is 1. The van der Waals surface area contributed by atoms with Crippen LogP contribution in [0.25, 0.3) is 0 Å². The Bertz CT molecular complexity index is 248. The molecule has 3 N–H and O–H groups in total. The molecule has 16 heavy (non-hydrogen) atoms. The molecule has 2 rings (SSSR count). The average Bonchev–Trinajstić information content (AvgIpc) is 2.77. The molecule has 0 spiro atoms. The van der Waals surface area contributed by atoms with Crippen LogP contribution >= 0.6 is 0 Å². The van der Waals surface area contributed by atoms with Crippen LogP contribution in [0.2, 0.25) is 0 Å². The number of rotatable bonds is 2. The maximum atomic E-state index is 12.0. The van der Waals surface area contributed by atoms with E-state index in [9.17, 15) is 9.90 Å². The molecule has 2 aliphatic heterocycles. The molecule has 0 aromatic heterocycles. The minimum atomic E-state index is -0.302. The Morgan fingerprint density at radius 2 is 2.00 bits per heavy atom. The molecule has 2 heterocycles. The fourth-order valence-corrected chi connectivity index (χ4v) is 2.35. The quantitative estimate of drug-likeness (QED) is 0.666. The highest BCUT2D eigenvalue weighted by atomic mass is 16.5. The van der Waals surface area contributed by atoms with Crippen molar-refractivity contribution in [3.63, 3.8) is 0 Å². The number of hydrogen-bond acceptors (Lipinski definition) is 4. The first kappa shape index (κ1) is 11.8. The largest absolute Gasteiger partial charge is 0.393 e. The van der Waals surface area contributed by atoms with E-state index < -0.39 is 0 Å². The molecule has 0 radical (unpaired) electrons. The molecule has 2 atom stereocenters. The van der Waals surface area contributed by atoms with Crippen LogP contribution in [0, 0.1) is 0 Å². The smallest absolute Gasteiger partial charge is 0.251 e. The number of aliphatic hydroxyl groups is 1. The molecule has 0 aromatic carbocycles. The minimum Gasteiger partial charge on any atom is -0.393 e. The highest BCUT2D eigenvalue weighted by Gasteiger charge is 2.33. The molecule has 2 aliphatic rings. The predicted molar refractivity (Wildman–Crippen MR) is 58.8 cm³/mol. The van der Waals surface area contributed by atoms with Crippen molar-refractivity contribution < 1.29 is 14.6 Å². The molecule has 92 valence electrons. The van der Waals surface area contributed by atoms with Crippen molar-refractivity contribution >= 4 is 5.91 Å². The van der Waals surface area contributed by atoms with Gasteiger partial charge in [0.05, 0.1) is 12.2 Å².